The van der Waals surface area contributed by atoms with Crippen LogP contribution in [0.15, 0.2) is 35.7 Å². The van der Waals surface area contributed by atoms with E-state index >= 15 is 0 Å². The Labute approximate surface area is 170 Å². The number of nitrogens with zero attached hydrogens (tertiary/aromatic N) is 3. The summed E-state index contributed by atoms with van der Waals surface area (Å²) in [6, 6.07) is 9.51. The molecule has 2 aromatic rings. The summed E-state index contributed by atoms with van der Waals surface area (Å²) in [4.78, 5) is 33.5. The Balaban J connectivity index is 1.42. The quantitative estimate of drug-likeness (QED) is 0.776. The number of para-hydroxylation sites is 1. The number of nitrogens with one attached hydrogen (secondary N) is 1. The molecule has 0 radical (unpaired) electrons. The molecule has 0 unspecified atom stereocenters. The van der Waals surface area contributed by atoms with E-state index in [4.69, 9.17) is 0 Å². The van der Waals surface area contributed by atoms with E-state index in [-0.39, 0.29) is 17.7 Å². The lowest BCUT2D eigenvalue weighted by atomic mass is 9.95. The molecule has 1 aromatic heterocycles. The number of thiazole rings is 1. The molecule has 0 saturated carbocycles. The van der Waals surface area contributed by atoms with Gasteiger partial charge in [-0.05, 0) is 38.4 Å². The van der Waals surface area contributed by atoms with Crippen molar-refractivity contribution in [1.29, 1.82) is 0 Å². The molecule has 0 bridgehead atoms. The van der Waals surface area contributed by atoms with Crippen molar-refractivity contribution in [3.8, 4) is 0 Å². The first-order chi connectivity index (χ1) is 13.5. The third-order valence-electron chi connectivity index (χ3n) is 5.00. The molecule has 1 aliphatic heterocycles. The van der Waals surface area contributed by atoms with Crippen molar-refractivity contribution in [2.75, 3.05) is 32.0 Å². The molecule has 1 saturated heterocycles. The fraction of sp³-hybridized carbons (Fsp3) is 0.476. The van der Waals surface area contributed by atoms with Crippen molar-refractivity contribution in [3.05, 3.63) is 46.4 Å². The summed E-state index contributed by atoms with van der Waals surface area (Å²) in [7, 11) is 1.95. The minimum atomic E-state index is -0.0375. The first kappa shape index (κ1) is 20.5. The van der Waals surface area contributed by atoms with Gasteiger partial charge in [0, 0.05) is 36.6 Å². The maximum Gasteiger partial charge on any atom is 0.236 e. The van der Waals surface area contributed by atoms with Crippen LogP contribution >= 0.6 is 11.3 Å². The smallest absolute Gasteiger partial charge is 0.236 e. The third-order valence-corrected chi connectivity index (χ3v) is 6.04. The number of hydrogen-bond donors (Lipinski definition) is 1. The van der Waals surface area contributed by atoms with Gasteiger partial charge < -0.3 is 10.2 Å². The molecule has 1 fully saturated rings. The van der Waals surface area contributed by atoms with Gasteiger partial charge in [-0.1, -0.05) is 25.1 Å². The maximum absolute atomic E-state index is 12.6. The highest BCUT2D eigenvalue weighted by Crippen LogP contribution is 2.20. The van der Waals surface area contributed by atoms with Crippen molar-refractivity contribution in [2.45, 2.75) is 32.7 Å². The van der Waals surface area contributed by atoms with E-state index < -0.39 is 0 Å². The van der Waals surface area contributed by atoms with Crippen molar-refractivity contribution < 1.29 is 9.59 Å². The summed E-state index contributed by atoms with van der Waals surface area (Å²) in [6.07, 6.45) is 2.36. The van der Waals surface area contributed by atoms with Crippen molar-refractivity contribution in [2.24, 2.45) is 5.92 Å². The number of benzene rings is 1. The first-order valence-corrected chi connectivity index (χ1v) is 10.7. The van der Waals surface area contributed by atoms with Crippen molar-refractivity contribution >= 4 is 28.8 Å². The molecule has 0 aliphatic carbocycles. The second-order valence-corrected chi connectivity index (χ2v) is 8.21. The Morgan fingerprint density at radius 1 is 1.25 bits per heavy atom. The molecule has 0 atom stereocenters. The summed E-state index contributed by atoms with van der Waals surface area (Å²) < 4.78 is 0. The van der Waals surface area contributed by atoms with Crippen LogP contribution in [0.2, 0.25) is 0 Å². The average Bonchev–Trinajstić information content (AvgIpc) is 3.16. The lowest BCUT2D eigenvalue weighted by molar-refractivity contribution is -0.135. The number of piperidine rings is 1. The zero-order valence-corrected chi connectivity index (χ0v) is 17.4. The highest BCUT2D eigenvalue weighted by Gasteiger charge is 2.27. The zero-order valence-electron chi connectivity index (χ0n) is 16.6. The molecule has 1 N–H and O–H groups in total. The molecule has 0 spiro atoms. The second kappa shape index (κ2) is 9.80. The maximum atomic E-state index is 12.6. The predicted molar refractivity (Wildman–Crippen MR) is 112 cm³/mol. The van der Waals surface area contributed by atoms with Gasteiger partial charge in [0.2, 0.25) is 11.8 Å². The molecule has 6 nitrogen and oxygen atoms in total. The molecule has 2 heterocycles. The number of likely N-dealkylation sites (tertiary alicyclic amines) is 1. The predicted octanol–water partition coefficient (Wildman–Crippen LogP) is 3.01. The van der Waals surface area contributed by atoms with Crippen LogP contribution in [-0.4, -0.2) is 53.3 Å². The van der Waals surface area contributed by atoms with Crippen molar-refractivity contribution in [1.82, 2.24) is 14.8 Å². The van der Waals surface area contributed by atoms with Gasteiger partial charge in [-0.3, -0.25) is 14.5 Å². The van der Waals surface area contributed by atoms with Crippen LogP contribution in [0, 0.1) is 5.92 Å². The number of hydrogen-bond acceptors (Lipinski definition) is 5. The highest BCUT2D eigenvalue weighted by molar-refractivity contribution is 7.09. The van der Waals surface area contributed by atoms with E-state index in [0.29, 0.717) is 39.0 Å². The van der Waals surface area contributed by atoms with Crippen LogP contribution in [0.3, 0.4) is 0 Å². The summed E-state index contributed by atoms with van der Waals surface area (Å²) in [6.45, 7) is 4.42. The molecule has 150 valence electrons. The summed E-state index contributed by atoms with van der Waals surface area (Å²) >= 11 is 1.67. The fourth-order valence-corrected chi connectivity index (χ4v) is 4.14. The Hall–Kier alpha value is -2.25. The minimum absolute atomic E-state index is 0.0375. The number of amides is 2. The van der Waals surface area contributed by atoms with E-state index in [0.717, 1.165) is 22.8 Å². The normalized spacial score (nSPS) is 15.0. The van der Waals surface area contributed by atoms with Gasteiger partial charge in [0.05, 0.1) is 17.2 Å². The number of likely N-dealkylation sites (N-methyl/N-ethyl adjacent to an activating group) is 1. The van der Waals surface area contributed by atoms with E-state index in [1.807, 2.05) is 47.2 Å². The van der Waals surface area contributed by atoms with Crippen molar-refractivity contribution in [3.63, 3.8) is 0 Å². The monoisotopic (exact) mass is 400 g/mol. The molecule has 1 aliphatic rings. The van der Waals surface area contributed by atoms with Crippen LogP contribution in [-0.2, 0) is 22.6 Å². The van der Waals surface area contributed by atoms with Gasteiger partial charge in [0.25, 0.3) is 0 Å². The number of carbonyl (C=O) groups is 2. The summed E-state index contributed by atoms with van der Waals surface area (Å²) in [5.41, 5.74) is 1.84. The van der Waals surface area contributed by atoms with Crippen LogP contribution in [0.25, 0.3) is 0 Å². The van der Waals surface area contributed by atoms with Crippen LogP contribution < -0.4 is 5.32 Å². The molecule has 1 aromatic carbocycles. The van der Waals surface area contributed by atoms with E-state index in [2.05, 4.69) is 22.6 Å². The molecule has 7 heteroatoms. The largest absolute Gasteiger partial charge is 0.342 e. The molecule has 3 rings (SSSR count). The Kier molecular flexibility index (Phi) is 7.17. The number of anilines is 1. The van der Waals surface area contributed by atoms with Gasteiger partial charge in [0.15, 0.2) is 0 Å². The molecule has 28 heavy (non-hydrogen) atoms. The standard InChI is InChI=1S/C21H28N4O2S/c1-3-19-22-18(15-28-19)13-24(2)14-20(26)25-11-9-16(10-12-25)21(27)23-17-7-5-4-6-8-17/h4-8,15-16H,3,9-14H2,1-2H3,(H,23,27). The van der Waals surface area contributed by atoms with Gasteiger partial charge in [0.1, 0.15) is 0 Å². The van der Waals surface area contributed by atoms with Gasteiger partial charge >= 0.3 is 0 Å². The zero-order chi connectivity index (χ0) is 19.9. The number of aryl methyl sites for hydroxylation is 1. The second-order valence-electron chi connectivity index (χ2n) is 7.27. The third kappa shape index (κ3) is 5.62. The van der Waals surface area contributed by atoms with E-state index in [9.17, 15) is 9.59 Å². The first-order valence-electron chi connectivity index (χ1n) is 9.80. The van der Waals surface area contributed by atoms with Gasteiger partial charge in [-0.15, -0.1) is 11.3 Å². The van der Waals surface area contributed by atoms with Crippen LogP contribution in [0.5, 0.6) is 0 Å². The van der Waals surface area contributed by atoms with Gasteiger partial charge in [-0.2, -0.15) is 0 Å². The lowest BCUT2D eigenvalue weighted by Gasteiger charge is -2.32. The Morgan fingerprint density at radius 2 is 1.96 bits per heavy atom. The van der Waals surface area contributed by atoms with E-state index in [1.54, 1.807) is 11.3 Å². The number of carbonyl (C=O) groups excluding carboxylic acids is 2. The number of aromatic nitrogens is 1. The highest BCUT2D eigenvalue weighted by atomic mass is 32.1. The molecule has 2 amide bonds. The minimum Gasteiger partial charge on any atom is -0.342 e. The Morgan fingerprint density at radius 3 is 2.61 bits per heavy atom. The van der Waals surface area contributed by atoms with Crippen LogP contribution in [0.4, 0.5) is 5.69 Å². The summed E-state index contributed by atoms with van der Waals surface area (Å²) in [5, 5.41) is 6.16. The molecular formula is C21H28N4O2S. The van der Waals surface area contributed by atoms with Crippen LogP contribution in [0.1, 0.15) is 30.5 Å². The average molecular weight is 401 g/mol. The van der Waals surface area contributed by atoms with Gasteiger partial charge in [-0.25, -0.2) is 4.98 Å². The fourth-order valence-electron chi connectivity index (χ4n) is 3.40. The number of rotatable bonds is 7. The molecular weight excluding hydrogens is 372 g/mol. The Bertz CT molecular complexity index is 785. The van der Waals surface area contributed by atoms with E-state index in [1.165, 1.54) is 0 Å². The SMILES string of the molecule is CCc1nc(CN(C)CC(=O)N2CCC(C(=O)Nc3ccccc3)CC2)cs1. The summed E-state index contributed by atoms with van der Waals surface area (Å²) in [5.74, 6) is 0.130. The lowest BCUT2D eigenvalue weighted by Crippen LogP contribution is -2.45. The topological polar surface area (TPSA) is 65.5 Å².